The molecule has 1 aliphatic heterocycles. The normalized spacial score (nSPS) is 15.3. The smallest absolute Gasteiger partial charge is 0.257 e. The topological polar surface area (TPSA) is 20.3 Å². The maximum Gasteiger partial charge on any atom is 0.257 e. The first-order valence-corrected chi connectivity index (χ1v) is 4.41. The zero-order chi connectivity index (χ0) is 10.1. The summed E-state index contributed by atoms with van der Waals surface area (Å²) in [6, 6.07) is 4.27. The van der Waals surface area contributed by atoms with Gasteiger partial charge in [0.1, 0.15) is 5.82 Å². The average molecular weight is 191 g/mol. The second-order valence-electron chi connectivity index (χ2n) is 3.31. The SMILES string of the molecule is CN1C=CCc2cc(F)ccc2C1=O. The van der Waals surface area contributed by atoms with Gasteiger partial charge >= 0.3 is 0 Å². The molecule has 0 bridgehead atoms. The standard InChI is InChI=1S/C11H10FNO/c1-13-6-2-3-8-7-9(12)4-5-10(8)11(13)14/h2,4-7H,3H2,1H3. The highest BCUT2D eigenvalue weighted by molar-refractivity contribution is 5.96. The van der Waals surface area contributed by atoms with Crippen molar-refractivity contribution >= 4 is 5.91 Å². The van der Waals surface area contributed by atoms with Gasteiger partial charge in [-0.3, -0.25) is 4.79 Å². The van der Waals surface area contributed by atoms with Crippen LogP contribution in [0.15, 0.2) is 30.5 Å². The number of rotatable bonds is 0. The molecule has 2 rings (SSSR count). The fourth-order valence-corrected chi connectivity index (χ4v) is 1.54. The third-order valence-corrected chi connectivity index (χ3v) is 2.28. The van der Waals surface area contributed by atoms with E-state index in [9.17, 15) is 9.18 Å². The van der Waals surface area contributed by atoms with Crippen LogP contribution in [0.25, 0.3) is 0 Å². The van der Waals surface area contributed by atoms with Gasteiger partial charge < -0.3 is 4.90 Å². The van der Waals surface area contributed by atoms with Crippen LogP contribution >= 0.6 is 0 Å². The molecule has 1 amide bonds. The van der Waals surface area contributed by atoms with Gasteiger partial charge in [-0.15, -0.1) is 0 Å². The molecule has 0 unspecified atom stereocenters. The molecule has 0 radical (unpaired) electrons. The zero-order valence-electron chi connectivity index (χ0n) is 7.83. The fourth-order valence-electron chi connectivity index (χ4n) is 1.54. The monoisotopic (exact) mass is 191 g/mol. The number of hydrogen-bond acceptors (Lipinski definition) is 1. The molecule has 2 nitrogen and oxygen atoms in total. The van der Waals surface area contributed by atoms with Gasteiger partial charge in [-0.2, -0.15) is 0 Å². The Hall–Kier alpha value is -1.64. The predicted molar refractivity (Wildman–Crippen MR) is 51.3 cm³/mol. The molecule has 3 heteroatoms. The first-order chi connectivity index (χ1) is 6.68. The minimum Gasteiger partial charge on any atom is -0.318 e. The lowest BCUT2D eigenvalue weighted by Crippen LogP contribution is -2.20. The van der Waals surface area contributed by atoms with Gasteiger partial charge in [-0.25, -0.2) is 4.39 Å². The molecule has 0 aliphatic carbocycles. The number of amides is 1. The third kappa shape index (κ3) is 1.41. The van der Waals surface area contributed by atoms with Crippen molar-refractivity contribution < 1.29 is 9.18 Å². The van der Waals surface area contributed by atoms with Crippen molar-refractivity contribution in [2.24, 2.45) is 0 Å². The minimum atomic E-state index is -0.297. The van der Waals surface area contributed by atoms with E-state index >= 15 is 0 Å². The zero-order valence-corrected chi connectivity index (χ0v) is 7.83. The van der Waals surface area contributed by atoms with Gasteiger partial charge in [0.05, 0.1) is 0 Å². The molecule has 0 saturated heterocycles. The Kier molecular flexibility index (Phi) is 2.08. The van der Waals surface area contributed by atoms with E-state index in [0.717, 1.165) is 5.56 Å². The van der Waals surface area contributed by atoms with Crippen LogP contribution in [0.4, 0.5) is 4.39 Å². The van der Waals surface area contributed by atoms with Gasteiger partial charge in [0, 0.05) is 18.8 Å². The molecule has 0 saturated carbocycles. The summed E-state index contributed by atoms with van der Waals surface area (Å²) in [6.45, 7) is 0. The summed E-state index contributed by atoms with van der Waals surface area (Å²) in [5, 5.41) is 0. The molecule has 0 N–H and O–H groups in total. The first kappa shape index (κ1) is 8.94. The number of carbonyl (C=O) groups excluding carboxylic acids is 1. The fraction of sp³-hybridized carbons (Fsp3) is 0.182. The summed E-state index contributed by atoms with van der Waals surface area (Å²) in [4.78, 5) is 13.2. The number of nitrogens with zero attached hydrogens (tertiary/aromatic N) is 1. The minimum absolute atomic E-state index is 0.0891. The number of allylic oxidation sites excluding steroid dienone is 1. The van der Waals surface area contributed by atoms with E-state index in [2.05, 4.69) is 0 Å². The van der Waals surface area contributed by atoms with Crippen LogP contribution in [0.3, 0.4) is 0 Å². The van der Waals surface area contributed by atoms with E-state index in [-0.39, 0.29) is 11.7 Å². The van der Waals surface area contributed by atoms with Crippen LogP contribution < -0.4 is 0 Å². The lowest BCUT2D eigenvalue weighted by molar-refractivity contribution is 0.0851. The van der Waals surface area contributed by atoms with Crippen molar-refractivity contribution in [3.05, 3.63) is 47.4 Å². The van der Waals surface area contributed by atoms with Crippen LogP contribution in [0, 0.1) is 5.82 Å². The predicted octanol–water partition coefficient (Wildman–Crippen LogP) is 1.97. The van der Waals surface area contributed by atoms with Gasteiger partial charge in [-0.1, -0.05) is 6.08 Å². The van der Waals surface area contributed by atoms with Gasteiger partial charge in [-0.05, 0) is 30.2 Å². The Morgan fingerprint density at radius 3 is 3.00 bits per heavy atom. The average Bonchev–Trinajstić information content (AvgIpc) is 2.28. The van der Waals surface area contributed by atoms with Crippen molar-refractivity contribution in [3.8, 4) is 0 Å². The van der Waals surface area contributed by atoms with Gasteiger partial charge in [0.25, 0.3) is 5.91 Å². The summed E-state index contributed by atoms with van der Waals surface area (Å²) in [5.41, 5.74) is 1.33. The molecular formula is C11H10FNO. The molecule has 1 heterocycles. The Labute approximate surface area is 81.6 Å². The van der Waals surface area contributed by atoms with Crippen molar-refractivity contribution in [1.29, 1.82) is 0 Å². The summed E-state index contributed by atoms with van der Waals surface area (Å²) >= 11 is 0. The molecular weight excluding hydrogens is 181 g/mol. The van der Waals surface area contributed by atoms with Crippen LogP contribution in [0.5, 0.6) is 0 Å². The molecule has 1 aliphatic rings. The molecule has 1 aromatic carbocycles. The molecule has 0 spiro atoms. The second-order valence-corrected chi connectivity index (χ2v) is 3.31. The summed E-state index contributed by atoms with van der Waals surface area (Å²) in [5.74, 6) is -0.386. The van der Waals surface area contributed by atoms with E-state index in [4.69, 9.17) is 0 Å². The molecule has 14 heavy (non-hydrogen) atoms. The highest BCUT2D eigenvalue weighted by Crippen LogP contribution is 2.17. The largest absolute Gasteiger partial charge is 0.318 e. The van der Waals surface area contributed by atoms with Crippen molar-refractivity contribution in [1.82, 2.24) is 4.90 Å². The Balaban J connectivity index is 2.54. The molecule has 0 atom stereocenters. The third-order valence-electron chi connectivity index (χ3n) is 2.28. The summed E-state index contributed by atoms with van der Waals surface area (Å²) in [7, 11) is 1.69. The quantitative estimate of drug-likeness (QED) is 0.614. The summed E-state index contributed by atoms with van der Waals surface area (Å²) in [6.07, 6.45) is 4.16. The molecule has 72 valence electrons. The van der Waals surface area contributed by atoms with Crippen molar-refractivity contribution in [3.63, 3.8) is 0 Å². The summed E-state index contributed by atoms with van der Waals surface area (Å²) < 4.78 is 12.9. The highest BCUT2D eigenvalue weighted by Gasteiger charge is 2.16. The number of benzene rings is 1. The lowest BCUT2D eigenvalue weighted by Gasteiger charge is -2.11. The van der Waals surface area contributed by atoms with Crippen molar-refractivity contribution in [2.75, 3.05) is 7.05 Å². The van der Waals surface area contributed by atoms with Crippen LogP contribution in [-0.4, -0.2) is 17.9 Å². The van der Waals surface area contributed by atoms with Gasteiger partial charge in [0.2, 0.25) is 0 Å². The first-order valence-electron chi connectivity index (χ1n) is 4.41. The van der Waals surface area contributed by atoms with Crippen LogP contribution in [0.2, 0.25) is 0 Å². The van der Waals surface area contributed by atoms with Gasteiger partial charge in [0.15, 0.2) is 0 Å². The number of fused-ring (bicyclic) bond motifs is 1. The lowest BCUT2D eigenvalue weighted by atomic mass is 10.0. The maximum atomic E-state index is 12.9. The molecule has 0 fully saturated rings. The van der Waals surface area contributed by atoms with Crippen LogP contribution in [-0.2, 0) is 6.42 Å². The second kappa shape index (κ2) is 3.25. The molecule has 0 aromatic heterocycles. The van der Waals surface area contributed by atoms with Crippen molar-refractivity contribution in [2.45, 2.75) is 6.42 Å². The number of halogens is 1. The molecule has 1 aromatic rings. The Morgan fingerprint density at radius 1 is 1.43 bits per heavy atom. The maximum absolute atomic E-state index is 12.9. The van der Waals surface area contributed by atoms with E-state index in [1.165, 1.54) is 23.1 Å². The highest BCUT2D eigenvalue weighted by atomic mass is 19.1. The van der Waals surface area contributed by atoms with Crippen LogP contribution in [0.1, 0.15) is 15.9 Å². The van der Waals surface area contributed by atoms with E-state index in [0.29, 0.717) is 12.0 Å². The number of carbonyl (C=O) groups is 1. The van der Waals surface area contributed by atoms with E-state index in [1.54, 1.807) is 13.2 Å². The van der Waals surface area contributed by atoms with E-state index < -0.39 is 0 Å². The number of hydrogen-bond donors (Lipinski definition) is 0. The Bertz CT molecular complexity index is 412. The Morgan fingerprint density at radius 2 is 2.21 bits per heavy atom. The van der Waals surface area contributed by atoms with E-state index in [1.807, 2.05) is 6.08 Å².